The van der Waals surface area contributed by atoms with Gasteiger partial charge in [-0.25, -0.2) is 9.59 Å². The van der Waals surface area contributed by atoms with Gasteiger partial charge in [-0.15, -0.1) is 0 Å². The standard InChI is InChI=1S/C23H28N4O4/c24-14-19-11-12-27(23(29)31-16-18-9-5-2-6-10-18)20(13-19)21(25)26-22(28)30-15-17-7-3-1-4-8-17/h1-10,19-20H,11-16,24H2,(H2,25,26,28). The fourth-order valence-corrected chi connectivity index (χ4v) is 3.50. The van der Waals surface area contributed by atoms with E-state index >= 15 is 0 Å². The molecule has 1 aliphatic heterocycles. The molecule has 0 bridgehead atoms. The van der Waals surface area contributed by atoms with Gasteiger partial charge in [0.15, 0.2) is 0 Å². The van der Waals surface area contributed by atoms with Crippen molar-refractivity contribution in [2.24, 2.45) is 11.7 Å². The Morgan fingerprint density at radius 1 is 1.00 bits per heavy atom. The summed E-state index contributed by atoms with van der Waals surface area (Å²) in [4.78, 5) is 26.4. The molecule has 2 aromatic carbocycles. The predicted molar refractivity (Wildman–Crippen MR) is 116 cm³/mol. The van der Waals surface area contributed by atoms with Gasteiger partial charge in [0.1, 0.15) is 19.0 Å². The number of likely N-dealkylation sites (tertiary alicyclic amines) is 1. The van der Waals surface area contributed by atoms with Crippen molar-refractivity contribution in [3.05, 3.63) is 71.8 Å². The number of nitrogens with two attached hydrogens (primary N) is 1. The molecule has 0 aliphatic carbocycles. The van der Waals surface area contributed by atoms with Gasteiger partial charge >= 0.3 is 12.2 Å². The monoisotopic (exact) mass is 424 g/mol. The number of hydrogen-bond acceptors (Lipinski definition) is 6. The Morgan fingerprint density at radius 2 is 1.58 bits per heavy atom. The van der Waals surface area contributed by atoms with Crippen molar-refractivity contribution in [2.45, 2.75) is 32.1 Å². The van der Waals surface area contributed by atoms with Crippen molar-refractivity contribution in [3.8, 4) is 0 Å². The van der Waals surface area contributed by atoms with E-state index in [0.29, 0.717) is 19.5 Å². The van der Waals surface area contributed by atoms with Crippen molar-refractivity contribution in [2.75, 3.05) is 13.1 Å². The number of alkyl carbamates (subject to hydrolysis) is 1. The van der Waals surface area contributed by atoms with E-state index in [-0.39, 0.29) is 25.0 Å². The van der Waals surface area contributed by atoms with Crippen LogP contribution < -0.4 is 11.1 Å². The van der Waals surface area contributed by atoms with Crippen molar-refractivity contribution in [1.29, 1.82) is 5.41 Å². The maximum atomic E-state index is 12.7. The fourth-order valence-electron chi connectivity index (χ4n) is 3.50. The zero-order chi connectivity index (χ0) is 22.1. The minimum atomic E-state index is -0.735. The highest BCUT2D eigenvalue weighted by Crippen LogP contribution is 2.24. The van der Waals surface area contributed by atoms with Crippen LogP contribution in [0.1, 0.15) is 24.0 Å². The molecule has 3 rings (SSSR count). The molecule has 31 heavy (non-hydrogen) atoms. The molecular weight excluding hydrogens is 396 g/mol. The molecule has 0 saturated carbocycles. The van der Waals surface area contributed by atoms with Gasteiger partial charge < -0.3 is 15.2 Å². The molecule has 8 nitrogen and oxygen atoms in total. The van der Waals surface area contributed by atoms with Crippen LogP contribution in [0.3, 0.4) is 0 Å². The zero-order valence-electron chi connectivity index (χ0n) is 17.3. The topological polar surface area (TPSA) is 118 Å². The molecule has 0 aromatic heterocycles. The van der Waals surface area contributed by atoms with E-state index in [4.69, 9.17) is 20.6 Å². The van der Waals surface area contributed by atoms with Crippen LogP contribution in [0.4, 0.5) is 9.59 Å². The summed E-state index contributed by atoms with van der Waals surface area (Å²) in [6.45, 7) is 1.10. The Balaban J connectivity index is 1.57. The molecule has 4 N–H and O–H groups in total. The summed E-state index contributed by atoms with van der Waals surface area (Å²) in [7, 11) is 0. The van der Waals surface area contributed by atoms with Crippen LogP contribution in [0.5, 0.6) is 0 Å². The van der Waals surface area contributed by atoms with Gasteiger partial charge in [0.25, 0.3) is 0 Å². The van der Waals surface area contributed by atoms with Crippen molar-refractivity contribution in [3.63, 3.8) is 0 Å². The smallest absolute Gasteiger partial charge is 0.412 e. The van der Waals surface area contributed by atoms with Crippen LogP contribution in [-0.2, 0) is 22.7 Å². The number of hydrogen-bond donors (Lipinski definition) is 3. The summed E-state index contributed by atoms with van der Waals surface area (Å²) in [5.41, 5.74) is 7.54. The van der Waals surface area contributed by atoms with Gasteiger partial charge in [-0.05, 0) is 36.4 Å². The Kier molecular flexibility index (Phi) is 8.00. The third kappa shape index (κ3) is 6.55. The normalized spacial score (nSPS) is 18.2. The fraction of sp³-hybridized carbons (Fsp3) is 0.348. The first-order chi connectivity index (χ1) is 15.1. The summed E-state index contributed by atoms with van der Waals surface area (Å²) >= 11 is 0. The molecule has 0 spiro atoms. The first-order valence-corrected chi connectivity index (χ1v) is 10.3. The van der Waals surface area contributed by atoms with E-state index in [1.165, 1.54) is 4.90 Å². The first kappa shape index (κ1) is 22.3. The van der Waals surface area contributed by atoms with E-state index in [0.717, 1.165) is 17.5 Å². The SMILES string of the molecule is N=C(NC(=O)OCc1ccccc1)C1CC(CN)CCN1C(=O)OCc1ccccc1. The number of ether oxygens (including phenoxy) is 2. The number of nitrogens with zero attached hydrogens (tertiary/aromatic N) is 1. The third-order valence-corrected chi connectivity index (χ3v) is 5.27. The highest BCUT2D eigenvalue weighted by Gasteiger charge is 2.35. The lowest BCUT2D eigenvalue weighted by molar-refractivity contribution is 0.0713. The molecular formula is C23H28N4O4. The van der Waals surface area contributed by atoms with Gasteiger partial charge in [-0.1, -0.05) is 60.7 Å². The second kappa shape index (κ2) is 11.1. The number of amidine groups is 1. The minimum absolute atomic E-state index is 0.0961. The number of amides is 2. The van der Waals surface area contributed by atoms with Crippen LogP contribution in [0, 0.1) is 11.3 Å². The summed E-state index contributed by atoms with van der Waals surface area (Å²) in [6, 6.07) is 18.0. The average Bonchev–Trinajstić information content (AvgIpc) is 2.82. The van der Waals surface area contributed by atoms with Gasteiger partial charge in [-0.3, -0.25) is 15.6 Å². The third-order valence-electron chi connectivity index (χ3n) is 5.27. The molecule has 1 aliphatic rings. The Hall–Kier alpha value is -3.39. The average molecular weight is 425 g/mol. The van der Waals surface area contributed by atoms with Gasteiger partial charge in [0, 0.05) is 6.54 Å². The number of rotatable bonds is 6. The van der Waals surface area contributed by atoms with E-state index in [9.17, 15) is 9.59 Å². The van der Waals surface area contributed by atoms with Crippen molar-refractivity contribution < 1.29 is 19.1 Å². The number of benzene rings is 2. The van der Waals surface area contributed by atoms with E-state index in [1.807, 2.05) is 60.7 Å². The quantitative estimate of drug-likeness (QED) is 0.486. The summed E-state index contributed by atoms with van der Waals surface area (Å²) in [6.07, 6.45) is -0.0525. The van der Waals surface area contributed by atoms with Gasteiger partial charge in [0.05, 0.1) is 6.04 Å². The van der Waals surface area contributed by atoms with Crippen molar-refractivity contribution in [1.82, 2.24) is 10.2 Å². The predicted octanol–water partition coefficient (Wildman–Crippen LogP) is 3.27. The van der Waals surface area contributed by atoms with E-state index in [2.05, 4.69) is 5.32 Å². The number of nitrogens with one attached hydrogen (secondary N) is 2. The van der Waals surface area contributed by atoms with E-state index in [1.54, 1.807) is 0 Å². The second-order valence-corrected chi connectivity index (χ2v) is 7.48. The van der Waals surface area contributed by atoms with Crippen LogP contribution in [0.25, 0.3) is 0 Å². The molecule has 1 heterocycles. The summed E-state index contributed by atoms with van der Waals surface area (Å²) in [5.74, 6) is 0.0542. The molecule has 2 atom stereocenters. The lowest BCUT2D eigenvalue weighted by Crippen LogP contribution is -2.55. The maximum absolute atomic E-state index is 12.7. The Labute approximate surface area is 181 Å². The first-order valence-electron chi connectivity index (χ1n) is 10.3. The molecule has 2 aromatic rings. The molecule has 2 amide bonds. The lowest BCUT2D eigenvalue weighted by atomic mass is 9.90. The molecule has 2 unspecified atom stereocenters. The highest BCUT2D eigenvalue weighted by molar-refractivity contribution is 5.98. The number of carbonyl (C=O) groups excluding carboxylic acids is 2. The molecule has 0 radical (unpaired) electrons. The van der Waals surface area contributed by atoms with Crippen LogP contribution in [-0.4, -0.2) is 42.1 Å². The zero-order valence-corrected chi connectivity index (χ0v) is 17.3. The highest BCUT2D eigenvalue weighted by atomic mass is 16.6. The maximum Gasteiger partial charge on any atom is 0.412 e. The summed E-state index contributed by atoms with van der Waals surface area (Å²) in [5, 5.41) is 10.8. The molecule has 1 fully saturated rings. The Morgan fingerprint density at radius 3 is 2.16 bits per heavy atom. The van der Waals surface area contributed by atoms with Gasteiger partial charge in [0.2, 0.25) is 0 Å². The minimum Gasteiger partial charge on any atom is -0.445 e. The number of piperidine rings is 1. The van der Waals surface area contributed by atoms with Crippen molar-refractivity contribution >= 4 is 18.0 Å². The molecule has 8 heteroatoms. The summed E-state index contributed by atoms with van der Waals surface area (Å²) < 4.78 is 10.6. The molecule has 1 saturated heterocycles. The molecule has 164 valence electrons. The Bertz CT molecular complexity index is 876. The van der Waals surface area contributed by atoms with Gasteiger partial charge in [-0.2, -0.15) is 0 Å². The van der Waals surface area contributed by atoms with Crippen LogP contribution >= 0.6 is 0 Å². The van der Waals surface area contributed by atoms with Crippen LogP contribution in [0.2, 0.25) is 0 Å². The van der Waals surface area contributed by atoms with Crippen LogP contribution in [0.15, 0.2) is 60.7 Å². The second-order valence-electron chi connectivity index (χ2n) is 7.48. The number of carbonyl (C=O) groups is 2. The lowest BCUT2D eigenvalue weighted by Gasteiger charge is -2.38. The van der Waals surface area contributed by atoms with E-state index < -0.39 is 18.2 Å². The largest absolute Gasteiger partial charge is 0.445 e.